The van der Waals surface area contributed by atoms with Crippen molar-refractivity contribution in [2.24, 2.45) is 0 Å². The van der Waals surface area contributed by atoms with Crippen LogP contribution in [0.1, 0.15) is 21.5 Å². The molecule has 0 unspecified atom stereocenters. The largest absolute Gasteiger partial charge is 0.507 e. The predicted octanol–water partition coefficient (Wildman–Crippen LogP) is 3.77. The summed E-state index contributed by atoms with van der Waals surface area (Å²) in [6, 6.07) is 10.4. The van der Waals surface area contributed by atoms with E-state index in [0.717, 1.165) is 11.3 Å². The van der Waals surface area contributed by atoms with Gasteiger partial charge in [-0.3, -0.25) is 0 Å². The van der Waals surface area contributed by atoms with E-state index in [1.807, 2.05) is 18.2 Å². The molecule has 0 aliphatic rings. The van der Waals surface area contributed by atoms with Gasteiger partial charge in [-0.2, -0.15) is 0 Å². The van der Waals surface area contributed by atoms with Gasteiger partial charge in [-0.25, -0.2) is 4.79 Å². The Balaban J connectivity index is 2.17. The van der Waals surface area contributed by atoms with Crippen molar-refractivity contribution in [2.45, 2.75) is 13.5 Å². The second-order valence-electron chi connectivity index (χ2n) is 4.42. The average molecular weight is 336 g/mol. The van der Waals surface area contributed by atoms with Crippen LogP contribution in [-0.2, 0) is 6.54 Å². The van der Waals surface area contributed by atoms with Gasteiger partial charge in [0.15, 0.2) is 0 Å². The number of benzene rings is 2. The normalized spacial score (nSPS) is 10.3. The van der Waals surface area contributed by atoms with Crippen LogP contribution < -0.4 is 5.32 Å². The Labute approximate surface area is 125 Å². The second kappa shape index (κ2) is 5.96. The molecule has 0 amide bonds. The molecular formula is C15H14BrNO3. The van der Waals surface area contributed by atoms with Crippen LogP contribution in [0, 0.1) is 6.92 Å². The summed E-state index contributed by atoms with van der Waals surface area (Å²) in [4.78, 5) is 11.1. The first-order valence-electron chi connectivity index (χ1n) is 6.03. The van der Waals surface area contributed by atoms with Crippen LogP contribution in [0.5, 0.6) is 5.75 Å². The van der Waals surface area contributed by atoms with Gasteiger partial charge in [-0.1, -0.05) is 12.1 Å². The van der Waals surface area contributed by atoms with Crippen molar-refractivity contribution < 1.29 is 15.0 Å². The molecule has 5 heteroatoms. The van der Waals surface area contributed by atoms with E-state index in [1.165, 1.54) is 0 Å². The van der Waals surface area contributed by atoms with E-state index in [1.54, 1.807) is 25.1 Å². The number of rotatable bonds is 4. The number of carbonyl (C=O) groups is 1. The fourth-order valence-corrected chi connectivity index (χ4v) is 2.34. The maximum Gasteiger partial charge on any atom is 0.336 e. The molecule has 0 bridgehead atoms. The SMILES string of the molecule is Cc1c(NCc2ccc(O)c(Br)c2)cccc1C(=O)O. The van der Waals surface area contributed by atoms with Crippen molar-refractivity contribution in [1.29, 1.82) is 0 Å². The van der Waals surface area contributed by atoms with Gasteiger partial charge in [0.25, 0.3) is 0 Å². The van der Waals surface area contributed by atoms with Crippen LogP contribution in [-0.4, -0.2) is 16.2 Å². The molecule has 0 fully saturated rings. The summed E-state index contributed by atoms with van der Waals surface area (Å²) in [5, 5.41) is 21.7. The minimum atomic E-state index is -0.932. The third kappa shape index (κ3) is 3.11. The average Bonchev–Trinajstić information content (AvgIpc) is 2.41. The highest BCUT2D eigenvalue weighted by atomic mass is 79.9. The number of aromatic carboxylic acids is 1. The van der Waals surface area contributed by atoms with Crippen LogP contribution in [0.25, 0.3) is 0 Å². The zero-order chi connectivity index (χ0) is 14.7. The number of aromatic hydroxyl groups is 1. The summed E-state index contributed by atoms with van der Waals surface area (Å²) < 4.78 is 0.632. The molecule has 4 nitrogen and oxygen atoms in total. The number of nitrogens with one attached hydrogen (secondary N) is 1. The number of phenols is 1. The molecule has 2 aromatic carbocycles. The molecule has 0 aliphatic carbocycles. The number of carboxylic acids is 1. The maximum absolute atomic E-state index is 11.1. The molecule has 2 rings (SSSR count). The zero-order valence-corrected chi connectivity index (χ0v) is 12.4. The molecule has 2 aromatic rings. The van der Waals surface area contributed by atoms with Gasteiger partial charge in [0.1, 0.15) is 5.75 Å². The Morgan fingerprint density at radius 2 is 2.05 bits per heavy atom. The van der Waals surface area contributed by atoms with Crippen LogP contribution in [0.3, 0.4) is 0 Å². The van der Waals surface area contributed by atoms with Gasteiger partial charge < -0.3 is 15.5 Å². The topological polar surface area (TPSA) is 69.6 Å². The number of anilines is 1. The first-order valence-corrected chi connectivity index (χ1v) is 6.82. The van der Waals surface area contributed by atoms with E-state index >= 15 is 0 Å². The molecule has 0 spiro atoms. The van der Waals surface area contributed by atoms with Gasteiger partial charge in [0.05, 0.1) is 10.0 Å². The van der Waals surface area contributed by atoms with Gasteiger partial charge in [0.2, 0.25) is 0 Å². The van der Waals surface area contributed by atoms with Crippen LogP contribution in [0.2, 0.25) is 0 Å². The lowest BCUT2D eigenvalue weighted by Gasteiger charge is -2.12. The van der Waals surface area contributed by atoms with E-state index in [0.29, 0.717) is 22.1 Å². The summed E-state index contributed by atoms with van der Waals surface area (Å²) in [7, 11) is 0. The molecule has 3 N–H and O–H groups in total. The monoisotopic (exact) mass is 335 g/mol. The second-order valence-corrected chi connectivity index (χ2v) is 5.28. The van der Waals surface area contributed by atoms with E-state index in [-0.39, 0.29) is 5.75 Å². The highest BCUT2D eigenvalue weighted by molar-refractivity contribution is 9.10. The van der Waals surface area contributed by atoms with Crippen LogP contribution >= 0.6 is 15.9 Å². The number of hydrogen-bond donors (Lipinski definition) is 3. The molecule has 0 saturated heterocycles. The van der Waals surface area contributed by atoms with Gasteiger partial charge in [-0.15, -0.1) is 0 Å². The van der Waals surface area contributed by atoms with E-state index in [2.05, 4.69) is 21.2 Å². The molecule has 0 saturated carbocycles. The Morgan fingerprint density at radius 3 is 2.70 bits per heavy atom. The maximum atomic E-state index is 11.1. The molecule has 0 aromatic heterocycles. The number of carboxylic acid groups (broad SMARTS) is 1. The third-order valence-electron chi connectivity index (χ3n) is 3.06. The summed E-state index contributed by atoms with van der Waals surface area (Å²) in [5.74, 6) is -0.740. The van der Waals surface area contributed by atoms with Crippen molar-refractivity contribution in [3.8, 4) is 5.75 Å². The number of phenolic OH excluding ortho intramolecular Hbond substituents is 1. The molecule has 0 atom stereocenters. The smallest absolute Gasteiger partial charge is 0.336 e. The zero-order valence-electron chi connectivity index (χ0n) is 10.9. The van der Waals surface area contributed by atoms with E-state index < -0.39 is 5.97 Å². The fraction of sp³-hybridized carbons (Fsp3) is 0.133. The number of halogens is 1. The first kappa shape index (κ1) is 14.4. The Hall–Kier alpha value is -2.01. The fourth-order valence-electron chi connectivity index (χ4n) is 1.92. The van der Waals surface area contributed by atoms with Gasteiger partial charge >= 0.3 is 5.97 Å². The molecule has 20 heavy (non-hydrogen) atoms. The van der Waals surface area contributed by atoms with Gasteiger partial charge in [0, 0.05) is 12.2 Å². The van der Waals surface area contributed by atoms with Crippen LogP contribution in [0.15, 0.2) is 40.9 Å². The number of hydrogen-bond acceptors (Lipinski definition) is 3. The lowest BCUT2D eigenvalue weighted by Crippen LogP contribution is -2.05. The summed E-state index contributed by atoms with van der Waals surface area (Å²) in [6.45, 7) is 2.32. The molecule has 0 heterocycles. The molecule has 0 radical (unpaired) electrons. The highest BCUT2D eigenvalue weighted by Gasteiger charge is 2.09. The standard InChI is InChI=1S/C15H14BrNO3/c1-9-11(15(19)20)3-2-4-13(9)17-8-10-5-6-14(18)12(16)7-10/h2-7,17-18H,8H2,1H3,(H,19,20). The lowest BCUT2D eigenvalue weighted by molar-refractivity contribution is 0.0696. The van der Waals surface area contributed by atoms with Crippen LogP contribution in [0.4, 0.5) is 5.69 Å². The molecular weight excluding hydrogens is 322 g/mol. The third-order valence-corrected chi connectivity index (χ3v) is 3.69. The minimum Gasteiger partial charge on any atom is -0.507 e. The van der Waals surface area contributed by atoms with Crippen molar-refractivity contribution in [3.63, 3.8) is 0 Å². The van der Waals surface area contributed by atoms with Gasteiger partial charge in [-0.05, 0) is 58.2 Å². The van der Waals surface area contributed by atoms with E-state index in [9.17, 15) is 9.90 Å². The molecule has 104 valence electrons. The van der Waals surface area contributed by atoms with Crippen molar-refractivity contribution in [2.75, 3.05) is 5.32 Å². The Bertz CT molecular complexity index is 656. The van der Waals surface area contributed by atoms with Crippen molar-refractivity contribution in [1.82, 2.24) is 0 Å². The summed E-state index contributed by atoms with van der Waals surface area (Å²) in [6.07, 6.45) is 0. The van der Waals surface area contributed by atoms with Crippen molar-refractivity contribution in [3.05, 3.63) is 57.6 Å². The minimum absolute atomic E-state index is 0.192. The first-order chi connectivity index (χ1) is 9.49. The highest BCUT2D eigenvalue weighted by Crippen LogP contribution is 2.25. The Kier molecular flexibility index (Phi) is 4.29. The summed E-state index contributed by atoms with van der Waals surface area (Å²) in [5.41, 5.74) is 2.77. The quantitative estimate of drug-likeness (QED) is 0.795. The Morgan fingerprint density at radius 1 is 1.30 bits per heavy atom. The van der Waals surface area contributed by atoms with E-state index in [4.69, 9.17) is 5.11 Å². The summed E-state index contributed by atoms with van der Waals surface area (Å²) >= 11 is 3.26. The predicted molar refractivity (Wildman–Crippen MR) is 81.3 cm³/mol. The van der Waals surface area contributed by atoms with Crippen molar-refractivity contribution >= 4 is 27.6 Å². The molecule has 0 aliphatic heterocycles. The lowest BCUT2D eigenvalue weighted by atomic mass is 10.1.